The van der Waals surface area contributed by atoms with Gasteiger partial charge in [0.15, 0.2) is 0 Å². The van der Waals surface area contributed by atoms with Gasteiger partial charge in [0.2, 0.25) is 0 Å². The predicted molar refractivity (Wildman–Crippen MR) is 41.0 cm³/mol. The first-order valence-electron chi connectivity index (χ1n) is 4.23. The first-order valence-corrected chi connectivity index (χ1v) is 4.23. The Kier molecular flexibility index (Phi) is 1.68. The number of carbonyl (C=O) groups is 1. The van der Waals surface area contributed by atoms with Crippen molar-refractivity contribution in [1.82, 2.24) is 0 Å². The normalized spacial score (nSPS) is 39.1. The number of hydrogen-bond acceptors (Lipinski definition) is 2. The topological polar surface area (TPSA) is 26.3 Å². The van der Waals surface area contributed by atoms with Crippen LogP contribution in [-0.4, -0.2) is 12.1 Å². The maximum Gasteiger partial charge on any atom is 0.313 e. The minimum atomic E-state index is 0.0188. The first kappa shape index (κ1) is 6.89. The second kappa shape index (κ2) is 2.68. The molecule has 2 nitrogen and oxygen atoms in total. The van der Waals surface area contributed by atoms with Gasteiger partial charge in [-0.3, -0.25) is 4.79 Å². The first-order chi connectivity index (χ1) is 5.38. The average molecular weight is 152 g/mol. The molecule has 1 aliphatic heterocycles. The number of fused-ring (bicyclic) bond motifs is 1. The lowest BCUT2D eigenvalue weighted by Crippen LogP contribution is -2.45. The largest absolute Gasteiger partial charge is 0.461 e. The molecule has 0 aromatic heterocycles. The Morgan fingerprint density at radius 3 is 2.73 bits per heavy atom. The standard InChI is InChI=1S/C9H12O2/c10-9-7-5-3-1-2-4-6-8(7)11-9/h1-2,7-8H,3-6H2/b2-1-/t7?,8-/m0/s1. The van der Waals surface area contributed by atoms with Crippen molar-refractivity contribution in [2.24, 2.45) is 5.92 Å². The lowest BCUT2D eigenvalue weighted by Gasteiger charge is -2.35. The molecule has 11 heavy (non-hydrogen) atoms. The lowest BCUT2D eigenvalue weighted by atomic mass is 9.87. The smallest absolute Gasteiger partial charge is 0.313 e. The summed E-state index contributed by atoms with van der Waals surface area (Å²) in [5, 5.41) is 0. The summed E-state index contributed by atoms with van der Waals surface area (Å²) in [6.07, 6.45) is 8.70. The highest BCUT2D eigenvalue weighted by Crippen LogP contribution is 2.31. The molecule has 1 heterocycles. The fraction of sp³-hybridized carbons (Fsp3) is 0.667. The number of ether oxygens (including phenoxy) is 1. The van der Waals surface area contributed by atoms with Crippen molar-refractivity contribution >= 4 is 5.97 Å². The molecule has 1 aliphatic carbocycles. The van der Waals surface area contributed by atoms with Crippen molar-refractivity contribution in [3.8, 4) is 0 Å². The molecule has 0 aromatic carbocycles. The van der Waals surface area contributed by atoms with Crippen LogP contribution in [0, 0.1) is 5.92 Å². The van der Waals surface area contributed by atoms with Gasteiger partial charge in [0, 0.05) is 0 Å². The summed E-state index contributed by atoms with van der Waals surface area (Å²) in [5.41, 5.74) is 0. The molecular formula is C9H12O2. The molecule has 1 unspecified atom stereocenters. The number of esters is 1. The summed E-state index contributed by atoms with van der Waals surface area (Å²) in [4.78, 5) is 10.9. The van der Waals surface area contributed by atoms with Crippen LogP contribution in [0.3, 0.4) is 0 Å². The minimum Gasteiger partial charge on any atom is -0.461 e. The van der Waals surface area contributed by atoms with Crippen molar-refractivity contribution < 1.29 is 9.53 Å². The molecule has 1 saturated heterocycles. The van der Waals surface area contributed by atoms with E-state index in [2.05, 4.69) is 12.2 Å². The number of hydrogen-bond donors (Lipinski definition) is 0. The average Bonchev–Trinajstić information content (AvgIpc) is 1.96. The summed E-state index contributed by atoms with van der Waals surface area (Å²) in [5.74, 6) is 0.241. The Morgan fingerprint density at radius 1 is 1.27 bits per heavy atom. The van der Waals surface area contributed by atoms with Gasteiger partial charge in [-0.2, -0.15) is 0 Å². The van der Waals surface area contributed by atoms with E-state index < -0.39 is 0 Å². The fourth-order valence-electron chi connectivity index (χ4n) is 1.73. The Hall–Kier alpha value is -0.790. The SMILES string of the molecule is O=C1O[C@H]2CC/C=C\CCC12. The van der Waals surface area contributed by atoms with Crippen LogP contribution in [0.1, 0.15) is 25.7 Å². The summed E-state index contributed by atoms with van der Waals surface area (Å²) in [7, 11) is 0. The molecule has 0 aromatic rings. The van der Waals surface area contributed by atoms with Gasteiger partial charge in [-0.25, -0.2) is 0 Å². The molecule has 0 bridgehead atoms. The summed E-state index contributed by atoms with van der Waals surface area (Å²) in [6, 6.07) is 0. The van der Waals surface area contributed by atoms with Crippen molar-refractivity contribution in [2.75, 3.05) is 0 Å². The van der Waals surface area contributed by atoms with Gasteiger partial charge >= 0.3 is 5.97 Å². The zero-order valence-corrected chi connectivity index (χ0v) is 6.45. The highest BCUT2D eigenvalue weighted by atomic mass is 16.6. The molecule has 0 amide bonds. The van der Waals surface area contributed by atoms with Gasteiger partial charge < -0.3 is 4.74 Å². The van der Waals surface area contributed by atoms with Gasteiger partial charge in [-0.05, 0) is 25.7 Å². The van der Waals surface area contributed by atoms with Crippen LogP contribution in [0.5, 0.6) is 0 Å². The molecule has 1 fully saturated rings. The van der Waals surface area contributed by atoms with E-state index in [9.17, 15) is 4.79 Å². The molecule has 2 rings (SSSR count). The van der Waals surface area contributed by atoms with Crippen LogP contribution < -0.4 is 0 Å². The zero-order valence-electron chi connectivity index (χ0n) is 6.45. The highest BCUT2D eigenvalue weighted by molar-refractivity contribution is 5.78. The van der Waals surface area contributed by atoms with Crippen LogP contribution in [0.4, 0.5) is 0 Å². The number of allylic oxidation sites excluding steroid dienone is 2. The molecular weight excluding hydrogens is 140 g/mol. The van der Waals surface area contributed by atoms with E-state index in [1.54, 1.807) is 0 Å². The monoisotopic (exact) mass is 152 g/mol. The molecule has 2 atom stereocenters. The van der Waals surface area contributed by atoms with E-state index in [-0.39, 0.29) is 18.0 Å². The van der Waals surface area contributed by atoms with E-state index in [0.29, 0.717) is 0 Å². The van der Waals surface area contributed by atoms with Crippen molar-refractivity contribution in [3.05, 3.63) is 12.2 Å². The van der Waals surface area contributed by atoms with E-state index in [1.165, 1.54) is 0 Å². The van der Waals surface area contributed by atoms with E-state index in [0.717, 1.165) is 25.7 Å². The van der Waals surface area contributed by atoms with Gasteiger partial charge in [-0.1, -0.05) is 12.2 Å². The van der Waals surface area contributed by atoms with Crippen LogP contribution >= 0.6 is 0 Å². The van der Waals surface area contributed by atoms with Crippen LogP contribution in [-0.2, 0) is 9.53 Å². The Labute approximate surface area is 66.2 Å². The molecule has 2 heteroatoms. The molecule has 0 radical (unpaired) electrons. The van der Waals surface area contributed by atoms with Gasteiger partial charge in [0.05, 0.1) is 5.92 Å². The quantitative estimate of drug-likeness (QED) is 0.390. The fourth-order valence-corrected chi connectivity index (χ4v) is 1.73. The maximum absolute atomic E-state index is 10.9. The van der Waals surface area contributed by atoms with E-state index in [1.807, 2.05) is 0 Å². The summed E-state index contributed by atoms with van der Waals surface area (Å²) in [6.45, 7) is 0. The lowest BCUT2D eigenvalue weighted by molar-refractivity contribution is -0.185. The molecule has 0 N–H and O–H groups in total. The number of rotatable bonds is 0. The summed E-state index contributed by atoms with van der Waals surface area (Å²) < 4.78 is 5.01. The van der Waals surface area contributed by atoms with E-state index >= 15 is 0 Å². The summed E-state index contributed by atoms with van der Waals surface area (Å²) >= 11 is 0. The van der Waals surface area contributed by atoms with Gasteiger partial charge in [0.1, 0.15) is 6.10 Å². The number of carbonyl (C=O) groups excluding carboxylic acids is 1. The van der Waals surface area contributed by atoms with Crippen LogP contribution in [0.2, 0.25) is 0 Å². The van der Waals surface area contributed by atoms with Crippen molar-refractivity contribution in [2.45, 2.75) is 31.8 Å². The van der Waals surface area contributed by atoms with Crippen molar-refractivity contribution in [3.63, 3.8) is 0 Å². The van der Waals surface area contributed by atoms with Gasteiger partial charge in [0.25, 0.3) is 0 Å². The van der Waals surface area contributed by atoms with E-state index in [4.69, 9.17) is 4.74 Å². The Bertz CT molecular complexity index is 196. The maximum atomic E-state index is 10.9. The Balaban J connectivity index is 2.00. The minimum absolute atomic E-state index is 0.0188. The molecule has 60 valence electrons. The third-order valence-corrected chi connectivity index (χ3v) is 2.45. The Morgan fingerprint density at radius 2 is 2.00 bits per heavy atom. The van der Waals surface area contributed by atoms with Crippen LogP contribution in [0.25, 0.3) is 0 Å². The third-order valence-electron chi connectivity index (χ3n) is 2.45. The van der Waals surface area contributed by atoms with Crippen LogP contribution in [0.15, 0.2) is 12.2 Å². The molecule has 0 saturated carbocycles. The predicted octanol–water partition coefficient (Wildman–Crippen LogP) is 1.66. The molecule has 0 spiro atoms. The third kappa shape index (κ3) is 1.17. The second-order valence-electron chi connectivity index (χ2n) is 3.21. The zero-order chi connectivity index (χ0) is 7.68. The second-order valence-corrected chi connectivity index (χ2v) is 3.21. The van der Waals surface area contributed by atoms with Gasteiger partial charge in [-0.15, -0.1) is 0 Å². The molecule has 2 aliphatic rings. The van der Waals surface area contributed by atoms with Crippen molar-refractivity contribution in [1.29, 1.82) is 0 Å². The highest BCUT2D eigenvalue weighted by Gasteiger charge is 2.41.